The zero-order chi connectivity index (χ0) is 13.3. The molecule has 0 aromatic heterocycles. The third-order valence-corrected chi connectivity index (χ3v) is 3.21. The minimum Gasteiger partial charge on any atom is -0.336 e. The van der Waals surface area contributed by atoms with Crippen LogP contribution in [0, 0.1) is 28.9 Å². The average molecular weight is 315 g/mol. The maximum absolute atomic E-state index is 13.5. The van der Waals surface area contributed by atoms with Crippen molar-refractivity contribution in [1.82, 2.24) is 5.32 Å². The molecule has 2 rings (SSSR count). The zero-order valence-corrected chi connectivity index (χ0v) is 10.8. The van der Waals surface area contributed by atoms with E-state index in [0.29, 0.717) is 0 Å². The highest BCUT2D eigenvalue weighted by molar-refractivity contribution is 9.10. The van der Waals surface area contributed by atoms with Crippen LogP contribution in [0.25, 0.3) is 0 Å². The van der Waals surface area contributed by atoms with Crippen molar-refractivity contribution in [1.29, 1.82) is 5.26 Å². The number of nitrogens with one attached hydrogen (secondary N) is 1. The van der Waals surface area contributed by atoms with Crippen LogP contribution in [0.4, 0.5) is 8.78 Å². The smallest absolute Gasteiger partial charge is 0.258 e. The molecule has 1 aliphatic carbocycles. The standard InChI is InChI=1S/C12H9BrF2N2O/c13-7-3-8(14)11(9(15)4-7)12(18)17-10(5-16)6-1-2-6/h3-4,6,10H,1-2H2,(H,17,18). The molecule has 94 valence electrons. The molecule has 0 bridgehead atoms. The van der Waals surface area contributed by atoms with Gasteiger partial charge >= 0.3 is 0 Å². The Bertz CT molecular complexity index is 514. The predicted octanol–water partition coefficient (Wildman–Crippen LogP) is 2.76. The maximum atomic E-state index is 13.5. The predicted molar refractivity (Wildman–Crippen MR) is 63.6 cm³/mol. The summed E-state index contributed by atoms with van der Waals surface area (Å²) in [5.74, 6) is -2.70. The van der Waals surface area contributed by atoms with Gasteiger partial charge in [-0.1, -0.05) is 15.9 Å². The van der Waals surface area contributed by atoms with Crippen LogP contribution < -0.4 is 5.32 Å². The highest BCUT2D eigenvalue weighted by Crippen LogP contribution is 2.32. The summed E-state index contributed by atoms with van der Waals surface area (Å²) in [6, 6.07) is 3.27. The minimum absolute atomic E-state index is 0.0977. The number of nitrogens with zero attached hydrogens (tertiary/aromatic N) is 1. The van der Waals surface area contributed by atoms with E-state index < -0.39 is 29.1 Å². The number of carbonyl (C=O) groups is 1. The lowest BCUT2D eigenvalue weighted by Gasteiger charge is -2.11. The number of halogens is 3. The first kappa shape index (κ1) is 13.0. The van der Waals surface area contributed by atoms with Gasteiger partial charge in [-0.25, -0.2) is 8.78 Å². The molecule has 1 atom stereocenters. The summed E-state index contributed by atoms with van der Waals surface area (Å²) >= 11 is 2.93. The van der Waals surface area contributed by atoms with Gasteiger partial charge in [0.05, 0.1) is 6.07 Å². The van der Waals surface area contributed by atoms with E-state index in [9.17, 15) is 13.6 Å². The third-order valence-electron chi connectivity index (χ3n) is 2.75. The Labute approximate surface area is 111 Å². The Morgan fingerprint density at radius 1 is 1.44 bits per heavy atom. The fraction of sp³-hybridized carbons (Fsp3) is 0.333. The number of rotatable bonds is 3. The Kier molecular flexibility index (Phi) is 3.62. The van der Waals surface area contributed by atoms with Gasteiger partial charge in [-0.15, -0.1) is 0 Å². The van der Waals surface area contributed by atoms with Crippen LogP contribution >= 0.6 is 15.9 Å². The van der Waals surface area contributed by atoms with E-state index in [-0.39, 0.29) is 10.4 Å². The van der Waals surface area contributed by atoms with Crippen LogP contribution in [0.1, 0.15) is 23.2 Å². The summed E-state index contributed by atoms with van der Waals surface area (Å²) in [5, 5.41) is 11.2. The fourth-order valence-electron chi connectivity index (χ4n) is 1.66. The van der Waals surface area contributed by atoms with Crippen molar-refractivity contribution in [2.24, 2.45) is 5.92 Å². The molecule has 1 amide bonds. The molecule has 0 aliphatic heterocycles. The van der Waals surface area contributed by atoms with Crippen molar-refractivity contribution < 1.29 is 13.6 Å². The molecule has 18 heavy (non-hydrogen) atoms. The molecule has 3 nitrogen and oxygen atoms in total. The minimum atomic E-state index is -0.952. The van der Waals surface area contributed by atoms with Gasteiger partial charge in [0.1, 0.15) is 23.2 Å². The maximum Gasteiger partial charge on any atom is 0.258 e. The molecule has 6 heteroatoms. The summed E-state index contributed by atoms with van der Waals surface area (Å²) in [6.45, 7) is 0. The lowest BCUT2D eigenvalue weighted by Crippen LogP contribution is -2.36. The molecule has 1 aromatic carbocycles. The van der Waals surface area contributed by atoms with E-state index in [1.807, 2.05) is 6.07 Å². The largest absolute Gasteiger partial charge is 0.336 e. The zero-order valence-electron chi connectivity index (χ0n) is 9.21. The second-order valence-electron chi connectivity index (χ2n) is 4.16. The van der Waals surface area contributed by atoms with Gasteiger partial charge in [-0.05, 0) is 30.9 Å². The first-order valence-electron chi connectivity index (χ1n) is 5.38. The lowest BCUT2D eigenvalue weighted by atomic mass is 10.1. The number of carbonyl (C=O) groups excluding carboxylic acids is 1. The summed E-state index contributed by atoms with van der Waals surface area (Å²) in [4.78, 5) is 11.7. The van der Waals surface area contributed by atoms with Crippen molar-refractivity contribution in [3.05, 3.63) is 33.8 Å². The van der Waals surface area contributed by atoms with Crippen LogP contribution in [-0.4, -0.2) is 11.9 Å². The quantitative estimate of drug-likeness (QED) is 0.932. The molecule has 0 saturated heterocycles. The first-order valence-corrected chi connectivity index (χ1v) is 6.17. The van der Waals surface area contributed by atoms with Gasteiger partial charge in [0, 0.05) is 4.47 Å². The van der Waals surface area contributed by atoms with E-state index in [4.69, 9.17) is 5.26 Å². The summed E-state index contributed by atoms with van der Waals surface area (Å²) in [7, 11) is 0. The van der Waals surface area contributed by atoms with Gasteiger partial charge in [-0.3, -0.25) is 4.79 Å². The van der Waals surface area contributed by atoms with Gasteiger partial charge in [0.2, 0.25) is 0 Å². The topological polar surface area (TPSA) is 52.9 Å². The van der Waals surface area contributed by atoms with E-state index in [2.05, 4.69) is 21.2 Å². The van der Waals surface area contributed by atoms with Crippen LogP contribution in [0.5, 0.6) is 0 Å². The Balaban J connectivity index is 2.21. The average Bonchev–Trinajstić information content (AvgIpc) is 3.08. The van der Waals surface area contributed by atoms with Crippen LogP contribution in [0.15, 0.2) is 16.6 Å². The lowest BCUT2D eigenvalue weighted by molar-refractivity contribution is 0.0933. The normalized spacial score (nSPS) is 15.9. The highest BCUT2D eigenvalue weighted by Gasteiger charge is 2.33. The van der Waals surface area contributed by atoms with E-state index >= 15 is 0 Å². The number of hydrogen-bond donors (Lipinski definition) is 1. The van der Waals surface area contributed by atoms with E-state index in [0.717, 1.165) is 25.0 Å². The van der Waals surface area contributed by atoms with Crippen LogP contribution in [0.2, 0.25) is 0 Å². The molecule has 1 unspecified atom stereocenters. The summed E-state index contributed by atoms with van der Waals surface area (Å²) < 4.78 is 27.3. The highest BCUT2D eigenvalue weighted by atomic mass is 79.9. The molecular weight excluding hydrogens is 306 g/mol. The molecule has 1 fully saturated rings. The molecule has 0 spiro atoms. The Morgan fingerprint density at radius 2 is 2.00 bits per heavy atom. The second kappa shape index (κ2) is 5.02. The summed E-state index contributed by atoms with van der Waals surface area (Å²) in [5.41, 5.74) is -0.654. The number of amides is 1. The van der Waals surface area contributed by atoms with Crippen LogP contribution in [0.3, 0.4) is 0 Å². The molecule has 0 radical (unpaired) electrons. The molecule has 1 saturated carbocycles. The van der Waals surface area contributed by atoms with Gasteiger partial charge in [-0.2, -0.15) is 5.26 Å². The van der Waals surface area contributed by atoms with Crippen molar-refractivity contribution >= 4 is 21.8 Å². The number of benzene rings is 1. The van der Waals surface area contributed by atoms with Crippen molar-refractivity contribution in [2.75, 3.05) is 0 Å². The Morgan fingerprint density at radius 3 is 2.44 bits per heavy atom. The van der Waals surface area contributed by atoms with Crippen molar-refractivity contribution in [3.63, 3.8) is 0 Å². The molecule has 1 aromatic rings. The van der Waals surface area contributed by atoms with Gasteiger partial charge in [0.25, 0.3) is 5.91 Å². The fourth-order valence-corrected chi connectivity index (χ4v) is 2.06. The number of nitriles is 1. The molecule has 1 aliphatic rings. The number of hydrogen-bond acceptors (Lipinski definition) is 2. The van der Waals surface area contributed by atoms with Gasteiger partial charge in [0.15, 0.2) is 0 Å². The van der Waals surface area contributed by atoms with Crippen molar-refractivity contribution in [3.8, 4) is 6.07 Å². The van der Waals surface area contributed by atoms with E-state index in [1.54, 1.807) is 0 Å². The van der Waals surface area contributed by atoms with Gasteiger partial charge < -0.3 is 5.32 Å². The first-order chi connectivity index (χ1) is 8.52. The van der Waals surface area contributed by atoms with Crippen LogP contribution in [-0.2, 0) is 0 Å². The monoisotopic (exact) mass is 314 g/mol. The Hall–Kier alpha value is -1.48. The van der Waals surface area contributed by atoms with E-state index in [1.165, 1.54) is 0 Å². The third kappa shape index (κ3) is 2.67. The second-order valence-corrected chi connectivity index (χ2v) is 5.08. The molecule has 0 heterocycles. The van der Waals surface area contributed by atoms with Crippen molar-refractivity contribution in [2.45, 2.75) is 18.9 Å². The molecular formula is C12H9BrF2N2O. The summed E-state index contributed by atoms with van der Waals surface area (Å²) in [6.07, 6.45) is 1.70. The SMILES string of the molecule is N#CC(NC(=O)c1c(F)cc(Br)cc1F)C1CC1. The molecule has 1 N–H and O–H groups in total.